The Labute approximate surface area is 144 Å². The van der Waals surface area contributed by atoms with Crippen molar-refractivity contribution in [3.8, 4) is 0 Å². The summed E-state index contributed by atoms with van der Waals surface area (Å²) in [5.41, 5.74) is 3.61. The van der Waals surface area contributed by atoms with Crippen molar-refractivity contribution in [3.63, 3.8) is 0 Å². The van der Waals surface area contributed by atoms with Gasteiger partial charge in [0.05, 0.1) is 12.6 Å². The van der Waals surface area contributed by atoms with E-state index in [0.29, 0.717) is 12.5 Å². The summed E-state index contributed by atoms with van der Waals surface area (Å²) in [7, 11) is 0. The molecular formula is C20H27N3O. The van der Waals surface area contributed by atoms with Gasteiger partial charge in [-0.1, -0.05) is 43.7 Å². The minimum atomic E-state index is 0.00185. The summed E-state index contributed by atoms with van der Waals surface area (Å²) >= 11 is 0. The first-order chi connectivity index (χ1) is 11.6. The molecule has 0 aliphatic carbocycles. The summed E-state index contributed by atoms with van der Waals surface area (Å²) in [6.07, 6.45) is 2.11. The van der Waals surface area contributed by atoms with E-state index in [0.717, 1.165) is 19.6 Å². The van der Waals surface area contributed by atoms with Gasteiger partial charge in [-0.25, -0.2) is 0 Å². The van der Waals surface area contributed by atoms with Crippen molar-refractivity contribution >= 4 is 5.91 Å². The van der Waals surface area contributed by atoms with Gasteiger partial charge in [-0.3, -0.25) is 4.79 Å². The number of nitrogens with one attached hydrogen (secondary N) is 1. The van der Waals surface area contributed by atoms with Crippen molar-refractivity contribution < 1.29 is 4.79 Å². The topological polar surface area (TPSA) is 37.3 Å². The minimum absolute atomic E-state index is 0.00185. The quantitative estimate of drug-likeness (QED) is 0.918. The van der Waals surface area contributed by atoms with Crippen LogP contribution in [0.15, 0.2) is 42.6 Å². The Balaban J connectivity index is 1.86. The number of aromatic nitrogens is 1. The molecule has 1 atom stereocenters. The van der Waals surface area contributed by atoms with Crippen LogP contribution in [-0.4, -0.2) is 35.0 Å². The number of hydrogen-bond acceptors (Lipinski definition) is 2. The molecule has 0 saturated heterocycles. The second kappa shape index (κ2) is 7.22. The van der Waals surface area contributed by atoms with Gasteiger partial charge in [-0.2, -0.15) is 0 Å². The second-order valence-electron chi connectivity index (χ2n) is 7.06. The Hall–Kier alpha value is -2.07. The van der Waals surface area contributed by atoms with Crippen molar-refractivity contribution in [1.82, 2.24) is 14.8 Å². The first-order valence-electron chi connectivity index (χ1n) is 8.78. The fraction of sp³-hybridized carbons (Fsp3) is 0.450. The van der Waals surface area contributed by atoms with Crippen LogP contribution in [0.5, 0.6) is 0 Å². The maximum Gasteiger partial charge on any atom is 0.237 e. The third-order valence-corrected chi connectivity index (χ3v) is 4.55. The summed E-state index contributed by atoms with van der Waals surface area (Å²) < 4.78 is 2.26. The van der Waals surface area contributed by atoms with E-state index in [2.05, 4.69) is 73.3 Å². The Morgan fingerprint density at radius 1 is 1.25 bits per heavy atom. The van der Waals surface area contributed by atoms with E-state index in [1.54, 1.807) is 0 Å². The Bertz CT molecular complexity index is 704. The molecule has 2 aromatic rings. The smallest absolute Gasteiger partial charge is 0.237 e. The molecule has 4 heteroatoms. The lowest BCUT2D eigenvalue weighted by Crippen LogP contribution is -2.46. The van der Waals surface area contributed by atoms with E-state index < -0.39 is 0 Å². The van der Waals surface area contributed by atoms with Crippen molar-refractivity contribution in [2.75, 3.05) is 19.6 Å². The highest BCUT2D eigenvalue weighted by Crippen LogP contribution is 2.32. The van der Waals surface area contributed by atoms with Crippen LogP contribution < -0.4 is 5.32 Å². The van der Waals surface area contributed by atoms with Gasteiger partial charge in [-0.05, 0) is 37.1 Å². The molecule has 1 N–H and O–H groups in total. The van der Waals surface area contributed by atoms with Crippen LogP contribution >= 0.6 is 0 Å². The molecular weight excluding hydrogens is 298 g/mol. The third-order valence-electron chi connectivity index (χ3n) is 4.55. The number of amides is 1. The third kappa shape index (κ3) is 3.54. The number of nitrogens with zero attached hydrogens (tertiary/aromatic N) is 2. The zero-order chi connectivity index (χ0) is 17.1. The monoisotopic (exact) mass is 325 g/mol. The maximum absolute atomic E-state index is 12.8. The molecule has 1 aromatic carbocycles. The molecule has 1 aromatic heterocycles. The van der Waals surface area contributed by atoms with Gasteiger partial charge in [0.15, 0.2) is 0 Å². The Kier molecular flexibility index (Phi) is 5.05. The average molecular weight is 325 g/mol. The maximum atomic E-state index is 12.8. The molecule has 24 heavy (non-hydrogen) atoms. The lowest BCUT2D eigenvalue weighted by Gasteiger charge is -2.37. The van der Waals surface area contributed by atoms with Crippen LogP contribution in [0.4, 0.5) is 0 Å². The van der Waals surface area contributed by atoms with Gasteiger partial charge in [0.2, 0.25) is 5.91 Å². The fourth-order valence-corrected chi connectivity index (χ4v) is 3.41. The molecule has 0 radical (unpaired) electrons. The SMILES string of the molecule is Cc1cccc(C2c3cccn3CCN2C(=O)CNCC(C)C)c1. The van der Waals surface area contributed by atoms with Gasteiger partial charge in [-0.15, -0.1) is 0 Å². The van der Waals surface area contributed by atoms with E-state index in [4.69, 9.17) is 0 Å². The zero-order valence-corrected chi connectivity index (χ0v) is 14.8. The van der Waals surface area contributed by atoms with Gasteiger partial charge in [0.1, 0.15) is 0 Å². The van der Waals surface area contributed by atoms with Crippen LogP contribution in [0.25, 0.3) is 0 Å². The number of carbonyl (C=O) groups is 1. The summed E-state index contributed by atoms with van der Waals surface area (Å²) in [5.74, 6) is 0.721. The van der Waals surface area contributed by atoms with Gasteiger partial charge in [0.25, 0.3) is 0 Å². The molecule has 3 rings (SSSR count). The Morgan fingerprint density at radius 2 is 2.08 bits per heavy atom. The number of aryl methyl sites for hydroxylation is 1. The Morgan fingerprint density at radius 3 is 2.83 bits per heavy atom. The molecule has 0 fully saturated rings. The normalized spacial score (nSPS) is 17.2. The van der Waals surface area contributed by atoms with Gasteiger partial charge < -0.3 is 14.8 Å². The molecule has 1 aliphatic rings. The molecule has 128 valence electrons. The highest BCUT2D eigenvalue weighted by Gasteiger charge is 2.31. The highest BCUT2D eigenvalue weighted by molar-refractivity contribution is 5.79. The molecule has 1 amide bonds. The lowest BCUT2D eigenvalue weighted by atomic mass is 9.98. The van der Waals surface area contributed by atoms with Crippen LogP contribution in [0.1, 0.15) is 36.7 Å². The van der Waals surface area contributed by atoms with Gasteiger partial charge in [0, 0.05) is 25.0 Å². The summed E-state index contributed by atoms with van der Waals surface area (Å²) in [6.45, 7) is 9.29. The molecule has 4 nitrogen and oxygen atoms in total. The van der Waals surface area contributed by atoms with Crippen molar-refractivity contribution in [2.24, 2.45) is 5.92 Å². The molecule has 0 spiro atoms. The highest BCUT2D eigenvalue weighted by atomic mass is 16.2. The standard InChI is InChI=1S/C20H27N3O/c1-15(2)13-21-14-19(24)23-11-10-22-9-5-8-18(22)20(23)17-7-4-6-16(3)12-17/h4-9,12,15,20-21H,10-11,13-14H2,1-3H3. The number of benzene rings is 1. The molecule has 1 aliphatic heterocycles. The van der Waals surface area contributed by atoms with E-state index in [1.807, 2.05) is 4.90 Å². The minimum Gasteiger partial charge on any atom is -0.348 e. The first-order valence-corrected chi connectivity index (χ1v) is 8.78. The van der Waals surface area contributed by atoms with Crippen LogP contribution in [0.2, 0.25) is 0 Å². The summed E-state index contributed by atoms with van der Waals surface area (Å²) in [4.78, 5) is 14.9. The zero-order valence-electron chi connectivity index (χ0n) is 14.8. The summed E-state index contributed by atoms with van der Waals surface area (Å²) in [6, 6.07) is 12.7. The van der Waals surface area contributed by atoms with E-state index in [9.17, 15) is 4.79 Å². The number of carbonyl (C=O) groups excluding carboxylic acids is 1. The first kappa shape index (κ1) is 16.8. The lowest BCUT2D eigenvalue weighted by molar-refractivity contribution is -0.132. The molecule has 0 bridgehead atoms. The van der Waals surface area contributed by atoms with E-state index in [1.165, 1.54) is 16.8 Å². The van der Waals surface area contributed by atoms with Crippen molar-refractivity contribution in [2.45, 2.75) is 33.4 Å². The second-order valence-corrected chi connectivity index (χ2v) is 7.06. The number of rotatable bonds is 5. The van der Waals surface area contributed by atoms with Crippen LogP contribution in [-0.2, 0) is 11.3 Å². The fourth-order valence-electron chi connectivity index (χ4n) is 3.41. The van der Waals surface area contributed by atoms with Crippen molar-refractivity contribution in [3.05, 3.63) is 59.4 Å². The number of fused-ring (bicyclic) bond motifs is 1. The van der Waals surface area contributed by atoms with Crippen molar-refractivity contribution in [1.29, 1.82) is 0 Å². The van der Waals surface area contributed by atoms with Crippen LogP contribution in [0.3, 0.4) is 0 Å². The predicted octanol–water partition coefficient (Wildman–Crippen LogP) is 2.97. The molecule has 1 unspecified atom stereocenters. The molecule has 2 heterocycles. The average Bonchev–Trinajstić information content (AvgIpc) is 3.01. The van der Waals surface area contributed by atoms with E-state index >= 15 is 0 Å². The van der Waals surface area contributed by atoms with Crippen LogP contribution in [0, 0.1) is 12.8 Å². The predicted molar refractivity (Wildman–Crippen MR) is 96.9 cm³/mol. The summed E-state index contributed by atoms with van der Waals surface area (Å²) in [5, 5.41) is 3.29. The number of hydrogen-bond donors (Lipinski definition) is 1. The largest absolute Gasteiger partial charge is 0.348 e. The molecule has 0 saturated carbocycles. The van der Waals surface area contributed by atoms with Gasteiger partial charge >= 0.3 is 0 Å². The van der Waals surface area contributed by atoms with E-state index in [-0.39, 0.29) is 11.9 Å².